The predicted octanol–water partition coefficient (Wildman–Crippen LogP) is 4.19. The van der Waals surface area contributed by atoms with Crippen molar-refractivity contribution in [3.8, 4) is 0 Å². The molecule has 0 bridgehead atoms. The van der Waals surface area contributed by atoms with E-state index in [4.69, 9.17) is 0 Å². The van der Waals surface area contributed by atoms with Crippen molar-refractivity contribution in [2.45, 2.75) is 33.7 Å². The van der Waals surface area contributed by atoms with E-state index in [-0.39, 0.29) is 0 Å². The summed E-state index contributed by atoms with van der Waals surface area (Å²) in [5.74, 6) is 0. The lowest BCUT2D eigenvalue weighted by Gasteiger charge is -2.16. The monoisotopic (exact) mass is 254 g/mol. The van der Waals surface area contributed by atoms with Gasteiger partial charge in [-0.05, 0) is 23.0 Å². The second-order valence-corrected chi connectivity index (χ2v) is 6.12. The third-order valence-corrected chi connectivity index (χ3v) is 2.82. The fourth-order valence-corrected chi connectivity index (χ4v) is 2.07. The van der Waals surface area contributed by atoms with Crippen LogP contribution >= 0.6 is 0 Å². The Kier molecular flexibility index (Phi) is 4.20. The van der Waals surface area contributed by atoms with Crippen LogP contribution in [-0.4, -0.2) is 9.78 Å². The van der Waals surface area contributed by atoms with Crippen molar-refractivity contribution in [3.63, 3.8) is 0 Å². The van der Waals surface area contributed by atoms with E-state index in [1.807, 2.05) is 16.9 Å². The lowest BCUT2D eigenvalue weighted by atomic mass is 9.89. The minimum atomic E-state index is 0.313. The molecule has 2 rings (SSSR count). The first kappa shape index (κ1) is 13.6. The molecule has 0 spiro atoms. The summed E-state index contributed by atoms with van der Waals surface area (Å²) in [7, 11) is 0. The number of nitrogens with zero attached hydrogens (tertiary/aromatic N) is 2. The number of aromatic nitrogens is 2. The predicted molar refractivity (Wildman–Crippen MR) is 80.9 cm³/mol. The largest absolute Gasteiger partial charge is 0.269 e. The van der Waals surface area contributed by atoms with E-state index < -0.39 is 0 Å². The van der Waals surface area contributed by atoms with Gasteiger partial charge in [-0.1, -0.05) is 63.3 Å². The van der Waals surface area contributed by atoms with E-state index >= 15 is 0 Å². The van der Waals surface area contributed by atoms with Gasteiger partial charge >= 0.3 is 0 Å². The van der Waals surface area contributed by atoms with Crippen LogP contribution in [0.5, 0.6) is 0 Å². The van der Waals surface area contributed by atoms with Gasteiger partial charge in [0.2, 0.25) is 0 Å². The normalized spacial score (nSPS) is 12.2. The van der Waals surface area contributed by atoms with Crippen LogP contribution < -0.4 is 0 Å². The smallest absolute Gasteiger partial charge is 0.0593 e. The fraction of sp³-hybridized carbons (Fsp3) is 0.353. The minimum Gasteiger partial charge on any atom is -0.269 e. The van der Waals surface area contributed by atoms with Crippen molar-refractivity contribution in [2.75, 3.05) is 0 Å². The van der Waals surface area contributed by atoms with Crippen LogP contribution in [0.2, 0.25) is 0 Å². The van der Waals surface area contributed by atoms with Gasteiger partial charge in [0.1, 0.15) is 0 Å². The molecule has 1 aromatic carbocycles. The first-order valence-electron chi connectivity index (χ1n) is 6.76. The molecule has 0 aliphatic carbocycles. The van der Waals surface area contributed by atoms with Crippen molar-refractivity contribution >= 4 is 6.08 Å². The van der Waals surface area contributed by atoms with Crippen LogP contribution in [-0.2, 0) is 13.0 Å². The van der Waals surface area contributed by atoms with E-state index in [9.17, 15) is 0 Å². The highest BCUT2D eigenvalue weighted by Crippen LogP contribution is 2.19. The zero-order valence-corrected chi connectivity index (χ0v) is 12.0. The average molecular weight is 254 g/mol. The molecule has 2 heteroatoms. The van der Waals surface area contributed by atoms with Gasteiger partial charge < -0.3 is 0 Å². The molecule has 0 radical (unpaired) electrons. The first-order chi connectivity index (χ1) is 9.03. The van der Waals surface area contributed by atoms with E-state index in [1.54, 1.807) is 0 Å². The topological polar surface area (TPSA) is 17.8 Å². The van der Waals surface area contributed by atoms with Gasteiger partial charge in [-0.2, -0.15) is 5.10 Å². The Labute approximate surface area is 115 Å². The highest BCUT2D eigenvalue weighted by Gasteiger charge is 2.12. The van der Waals surface area contributed by atoms with Crippen LogP contribution in [0, 0.1) is 5.41 Å². The molecule has 0 N–H and O–H groups in total. The summed E-state index contributed by atoms with van der Waals surface area (Å²) < 4.78 is 1.99. The Hall–Kier alpha value is -1.83. The van der Waals surface area contributed by atoms with Gasteiger partial charge in [0.25, 0.3) is 0 Å². The van der Waals surface area contributed by atoms with Crippen LogP contribution in [0.4, 0.5) is 0 Å². The summed E-state index contributed by atoms with van der Waals surface area (Å²) in [6, 6.07) is 10.3. The molecule has 0 saturated heterocycles. The van der Waals surface area contributed by atoms with Crippen molar-refractivity contribution < 1.29 is 0 Å². The zero-order valence-electron chi connectivity index (χ0n) is 12.0. The quantitative estimate of drug-likeness (QED) is 0.800. The molecular weight excluding hydrogens is 232 g/mol. The lowest BCUT2D eigenvalue weighted by Crippen LogP contribution is -2.08. The number of rotatable bonds is 4. The van der Waals surface area contributed by atoms with Gasteiger partial charge in [0.05, 0.1) is 12.7 Å². The van der Waals surface area contributed by atoms with Gasteiger partial charge in [-0.3, -0.25) is 4.68 Å². The summed E-state index contributed by atoms with van der Waals surface area (Å²) in [5.41, 5.74) is 2.85. The Morgan fingerprint density at radius 2 is 1.89 bits per heavy atom. The van der Waals surface area contributed by atoms with Crippen LogP contribution in [0.25, 0.3) is 6.08 Å². The van der Waals surface area contributed by atoms with E-state index in [1.165, 1.54) is 11.1 Å². The second-order valence-electron chi connectivity index (χ2n) is 6.12. The number of hydrogen-bond acceptors (Lipinski definition) is 1. The maximum Gasteiger partial charge on any atom is 0.0593 e. The molecule has 1 heterocycles. The Balaban J connectivity index is 1.92. The molecule has 100 valence electrons. The molecule has 0 aliphatic heterocycles. The summed E-state index contributed by atoms with van der Waals surface area (Å²) in [6.07, 6.45) is 9.45. The first-order valence-corrected chi connectivity index (χ1v) is 6.76. The third-order valence-electron chi connectivity index (χ3n) is 2.82. The Bertz CT molecular complexity index is 530. The van der Waals surface area contributed by atoms with Crippen molar-refractivity contribution in [2.24, 2.45) is 5.41 Å². The molecule has 0 atom stereocenters. The van der Waals surface area contributed by atoms with E-state index in [2.05, 4.69) is 68.5 Å². The molecule has 0 saturated carbocycles. The minimum absolute atomic E-state index is 0.313. The molecule has 0 fully saturated rings. The van der Waals surface area contributed by atoms with Crippen LogP contribution in [0.15, 0.2) is 48.8 Å². The number of hydrogen-bond donors (Lipinski definition) is 0. The Morgan fingerprint density at radius 3 is 2.58 bits per heavy atom. The zero-order chi connectivity index (χ0) is 13.7. The highest BCUT2D eigenvalue weighted by atomic mass is 15.3. The van der Waals surface area contributed by atoms with Crippen LogP contribution in [0.3, 0.4) is 0 Å². The maximum atomic E-state index is 4.40. The van der Waals surface area contributed by atoms with Gasteiger partial charge in [0.15, 0.2) is 0 Å². The maximum absolute atomic E-state index is 4.40. The molecule has 0 unspecified atom stereocenters. The molecule has 2 nitrogen and oxygen atoms in total. The number of benzene rings is 1. The van der Waals surface area contributed by atoms with E-state index in [0.717, 1.165) is 13.0 Å². The summed E-state index contributed by atoms with van der Waals surface area (Å²) in [6.45, 7) is 7.57. The molecule has 0 amide bonds. The molecular formula is C17H22N2. The van der Waals surface area contributed by atoms with Gasteiger partial charge in [-0.25, -0.2) is 0 Å². The molecule has 19 heavy (non-hydrogen) atoms. The van der Waals surface area contributed by atoms with Gasteiger partial charge in [0, 0.05) is 6.20 Å². The van der Waals surface area contributed by atoms with Crippen molar-refractivity contribution in [1.29, 1.82) is 0 Å². The summed E-state index contributed by atoms with van der Waals surface area (Å²) in [4.78, 5) is 0. The molecule has 0 aliphatic rings. The SMILES string of the molecule is CC(C)(C)Cc1cnn(C/C=C/c2ccccc2)c1. The Morgan fingerprint density at radius 1 is 1.16 bits per heavy atom. The fourth-order valence-electron chi connectivity index (χ4n) is 2.07. The van der Waals surface area contributed by atoms with E-state index in [0.29, 0.717) is 5.41 Å². The molecule has 1 aromatic heterocycles. The summed E-state index contributed by atoms with van der Waals surface area (Å²) in [5, 5.41) is 4.40. The van der Waals surface area contributed by atoms with Crippen molar-refractivity contribution in [3.05, 3.63) is 59.9 Å². The summed E-state index contributed by atoms with van der Waals surface area (Å²) >= 11 is 0. The molecule has 2 aromatic rings. The standard InChI is InChI=1S/C17H22N2/c1-17(2,3)12-16-13-18-19(14-16)11-7-10-15-8-5-4-6-9-15/h4-10,13-14H,11-12H2,1-3H3/b10-7+. The van der Waals surface area contributed by atoms with Crippen LogP contribution in [0.1, 0.15) is 31.9 Å². The number of allylic oxidation sites excluding steroid dienone is 1. The average Bonchev–Trinajstić information content (AvgIpc) is 2.76. The highest BCUT2D eigenvalue weighted by molar-refractivity contribution is 5.48. The lowest BCUT2D eigenvalue weighted by molar-refractivity contribution is 0.411. The van der Waals surface area contributed by atoms with Crippen molar-refractivity contribution in [1.82, 2.24) is 9.78 Å². The third kappa shape index (κ3) is 4.74. The second kappa shape index (κ2) is 5.87. The van der Waals surface area contributed by atoms with Gasteiger partial charge in [-0.15, -0.1) is 0 Å².